The van der Waals surface area contributed by atoms with Gasteiger partial charge >= 0.3 is 0 Å². The monoisotopic (exact) mass is 547 g/mol. The number of likely N-dealkylation sites (tertiary alicyclic amines) is 1. The van der Waals surface area contributed by atoms with Crippen molar-refractivity contribution in [2.24, 2.45) is 5.92 Å². The van der Waals surface area contributed by atoms with Crippen molar-refractivity contribution in [3.05, 3.63) is 84.4 Å². The minimum Gasteiger partial charge on any atom is -0.455 e. The van der Waals surface area contributed by atoms with E-state index in [4.69, 9.17) is 4.74 Å². The van der Waals surface area contributed by atoms with E-state index in [0.717, 1.165) is 31.6 Å². The fraction of sp³-hybridized carbons (Fsp3) is 0.387. The average Bonchev–Trinajstić information content (AvgIpc) is 3.48. The molecule has 0 spiro atoms. The Hall–Kier alpha value is -3.36. The van der Waals surface area contributed by atoms with Gasteiger partial charge in [-0.25, -0.2) is 8.42 Å². The molecule has 1 saturated heterocycles. The second-order valence-electron chi connectivity index (χ2n) is 10.6. The van der Waals surface area contributed by atoms with Crippen LogP contribution in [-0.4, -0.2) is 44.9 Å². The second kappa shape index (κ2) is 12.7. The number of carbonyl (C=O) groups is 1. The van der Waals surface area contributed by atoms with Crippen LogP contribution in [0.4, 0.5) is 5.69 Å². The molecule has 0 unspecified atom stereocenters. The number of ether oxygens (including phenoxy) is 1. The van der Waals surface area contributed by atoms with E-state index >= 15 is 0 Å². The van der Waals surface area contributed by atoms with Crippen LogP contribution in [0.5, 0.6) is 11.5 Å². The second-order valence-corrected chi connectivity index (χ2v) is 12.3. The van der Waals surface area contributed by atoms with Gasteiger partial charge in [0.25, 0.3) is 15.9 Å². The summed E-state index contributed by atoms with van der Waals surface area (Å²) in [4.78, 5) is 15.5. The first-order chi connectivity index (χ1) is 19.0. The molecular weight excluding hydrogens is 510 g/mol. The summed E-state index contributed by atoms with van der Waals surface area (Å²) in [6.07, 6.45) is 8.22. The Morgan fingerprint density at radius 2 is 1.51 bits per heavy atom. The lowest BCUT2D eigenvalue weighted by atomic mass is 9.84. The van der Waals surface area contributed by atoms with Crippen molar-refractivity contribution < 1.29 is 17.9 Å². The standard InChI is InChI=1S/C31H37N3O4S/c35-31(32-26-16-12-24(13-17-26)20-23-34-21-6-7-22-34)25-14-18-28(19-15-25)39(36,37)33-29-10-4-5-11-30(29)38-27-8-2-1-3-9-27/h1-5,8-11,14-15,18-19,24,26,33H,6-7,12-13,16-17,20-23H2,(H,32,35). The molecule has 1 aliphatic carbocycles. The van der Waals surface area contributed by atoms with Crippen molar-refractivity contribution in [2.75, 3.05) is 24.4 Å². The maximum absolute atomic E-state index is 13.1. The average molecular weight is 548 g/mol. The zero-order chi connectivity index (χ0) is 27.1. The van der Waals surface area contributed by atoms with Crippen molar-refractivity contribution in [1.29, 1.82) is 0 Å². The summed E-state index contributed by atoms with van der Waals surface area (Å²) >= 11 is 0. The van der Waals surface area contributed by atoms with Gasteiger partial charge in [-0.15, -0.1) is 0 Å². The minimum absolute atomic E-state index is 0.0760. The summed E-state index contributed by atoms with van der Waals surface area (Å²) in [7, 11) is -3.88. The van der Waals surface area contributed by atoms with E-state index in [1.165, 1.54) is 51.0 Å². The van der Waals surface area contributed by atoms with Crippen LogP contribution in [-0.2, 0) is 10.0 Å². The van der Waals surface area contributed by atoms with Crippen LogP contribution in [0.2, 0.25) is 0 Å². The van der Waals surface area contributed by atoms with Gasteiger partial charge in [-0.2, -0.15) is 0 Å². The normalized spacial score (nSPS) is 19.9. The first-order valence-corrected chi connectivity index (χ1v) is 15.4. The smallest absolute Gasteiger partial charge is 0.262 e. The third-order valence-corrected chi connectivity index (χ3v) is 9.14. The van der Waals surface area contributed by atoms with Gasteiger partial charge in [-0.3, -0.25) is 9.52 Å². The van der Waals surface area contributed by atoms with Crippen molar-refractivity contribution in [1.82, 2.24) is 10.2 Å². The number of benzene rings is 3. The Morgan fingerprint density at radius 1 is 0.846 bits per heavy atom. The van der Waals surface area contributed by atoms with Crippen LogP contribution in [0.1, 0.15) is 55.3 Å². The Morgan fingerprint density at radius 3 is 2.23 bits per heavy atom. The predicted octanol–water partition coefficient (Wildman–Crippen LogP) is 6.05. The number of sulfonamides is 1. The van der Waals surface area contributed by atoms with E-state index < -0.39 is 10.0 Å². The lowest BCUT2D eigenvalue weighted by molar-refractivity contribution is 0.0920. The Balaban J connectivity index is 1.14. The van der Waals surface area contributed by atoms with E-state index in [-0.39, 0.29) is 16.8 Å². The largest absolute Gasteiger partial charge is 0.455 e. The number of nitrogens with zero attached hydrogens (tertiary/aromatic N) is 1. The Labute approximate surface area is 231 Å². The molecule has 2 N–H and O–H groups in total. The maximum atomic E-state index is 13.1. The molecule has 1 aliphatic heterocycles. The SMILES string of the molecule is O=C(NC1CCC(CCN2CCCC2)CC1)c1ccc(S(=O)(=O)Nc2ccccc2Oc2ccccc2)cc1. The zero-order valence-corrected chi connectivity index (χ0v) is 23.0. The fourth-order valence-corrected chi connectivity index (χ4v) is 6.55. The van der Waals surface area contributed by atoms with Gasteiger partial charge < -0.3 is 15.0 Å². The van der Waals surface area contributed by atoms with Gasteiger partial charge in [0, 0.05) is 11.6 Å². The summed E-state index contributed by atoms with van der Waals surface area (Å²) in [5, 5.41) is 3.15. The summed E-state index contributed by atoms with van der Waals surface area (Å²) in [6, 6.07) is 22.3. The molecule has 7 nitrogen and oxygen atoms in total. The molecule has 2 aliphatic rings. The van der Waals surface area contributed by atoms with Crippen molar-refractivity contribution in [2.45, 2.75) is 55.9 Å². The van der Waals surface area contributed by atoms with E-state index in [2.05, 4.69) is 14.9 Å². The molecular formula is C31H37N3O4S. The first-order valence-electron chi connectivity index (χ1n) is 13.9. The number of amides is 1. The molecule has 0 atom stereocenters. The fourth-order valence-electron chi connectivity index (χ4n) is 5.48. The highest BCUT2D eigenvalue weighted by atomic mass is 32.2. The molecule has 5 rings (SSSR count). The van der Waals surface area contributed by atoms with E-state index in [9.17, 15) is 13.2 Å². The highest BCUT2D eigenvalue weighted by Crippen LogP contribution is 2.31. The number of rotatable bonds is 10. The van der Waals surface area contributed by atoms with Crippen molar-refractivity contribution in [3.63, 3.8) is 0 Å². The predicted molar refractivity (Wildman–Crippen MR) is 154 cm³/mol. The highest BCUT2D eigenvalue weighted by molar-refractivity contribution is 7.92. The van der Waals surface area contributed by atoms with Gasteiger partial charge in [-0.05, 0) is 119 Å². The third-order valence-electron chi connectivity index (χ3n) is 7.76. The quantitative estimate of drug-likeness (QED) is 0.322. The molecule has 39 heavy (non-hydrogen) atoms. The van der Waals surface area contributed by atoms with Crippen LogP contribution >= 0.6 is 0 Å². The molecule has 0 aromatic heterocycles. The first kappa shape index (κ1) is 27.2. The van der Waals surface area contributed by atoms with Crippen LogP contribution in [0.3, 0.4) is 0 Å². The van der Waals surface area contributed by atoms with E-state index in [1.54, 1.807) is 48.5 Å². The molecule has 2 fully saturated rings. The summed E-state index contributed by atoms with van der Waals surface area (Å²) in [5.41, 5.74) is 0.789. The highest BCUT2D eigenvalue weighted by Gasteiger charge is 2.24. The number of para-hydroxylation sites is 3. The number of anilines is 1. The molecule has 8 heteroatoms. The van der Waals surface area contributed by atoms with Crippen LogP contribution in [0.25, 0.3) is 0 Å². The Kier molecular flexibility index (Phi) is 8.84. The maximum Gasteiger partial charge on any atom is 0.262 e. The summed E-state index contributed by atoms with van der Waals surface area (Å²) in [6.45, 7) is 3.70. The summed E-state index contributed by atoms with van der Waals surface area (Å²) < 4.78 is 34.7. The van der Waals surface area contributed by atoms with Gasteiger partial charge in [0.2, 0.25) is 0 Å². The van der Waals surface area contributed by atoms with Crippen LogP contribution in [0.15, 0.2) is 83.8 Å². The molecule has 206 valence electrons. The van der Waals surface area contributed by atoms with Gasteiger partial charge in [-0.1, -0.05) is 30.3 Å². The van der Waals surface area contributed by atoms with E-state index in [1.807, 2.05) is 18.2 Å². The number of hydrogen-bond acceptors (Lipinski definition) is 5. The molecule has 1 heterocycles. The number of hydrogen-bond donors (Lipinski definition) is 2. The molecule has 3 aromatic rings. The van der Waals surface area contributed by atoms with Crippen molar-refractivity contribution >= 4 is 21.6 Å². The van der Waals surface area contributed by atoms with Gasteiger partial charge in [0.1, 0.15) is 5.75 Å². The van der Waals surface area contributed by atoms with Crippen molar-refractivity contribution in [3.8, 4) is 11.5 Å². The number of nitrogens with one attached hydrogen (secondary N) is 2. The molecule has 3 aromatic carbocycles. The third kappa shape index (κ3) is 7.40. The van der Waals surface area contributed by atoms with E-state index in [0.29, 0.717) is 22.7 Å². The molecule has 0 bridgehead atoms. The topological polar surface area (TPSA) is 87.7 Å². The van der Waals surface area contributed by atoms with Gasteiger partial charge in [0.15, 0.2) is 5.75 Å². The zero-order valence-electron chi connectivity index (χ0n) is 22.2. The minimum atomic E-state index is -3.88. The molecule has 0 radical (unpaired) electrons. The molecule has 1 saturated carbocycles. The number of carbonyl (C=O) groups excluding carboxylic acids is 1. The molecule has 1 amide bonds. The lowest BCUT2D eigenvalue weighted by Gasteiger charge is -2.30. The lowest BCUT2D eigenvalue weighted by Crippen LogP contribution is -2.38. The van der Waals surface area contributed by atoms with Crippen LogP contribution in [0, 0.1) is 5.92 Å². The van der Waals surface area contributed by atoms with Gasteiger partial charge in [0.05, 0.1) is 10.6 Å². The van der Waals surface area contributed by atoms with Crippen LogP contribution < -0.4 is 14.8 Å². The summed E-state index contributed by atoms with van der Waals surface area (Å²) in [5.74, 6) is 1.59. The Bertz CT molecular complexity index is 1330.